The smallest absolute Gasteiger partial charge is 0.460 e. The molecule has 0 aliphatic carbocycles. The number of aliphatic hydroxyl groups is 1. The van der Waals surface area contributed by atoms with Gasteiger partial charge in [0.15, 0.2) is 6.61 Å². The second-order valence-electron chi connectivity index (χ2n) is 7.18. The van der Waals surface area contributed by atoms with E-state index in [0.717, 1.165) is 0 Å². The summed E-state index contributed by atoms with van der Waals surface area (Å²) in [4.78, 5) is 12.6. The maximum absolute atomic E-state index is 14.7. The fourth-order valence-corrected chi connectivity index (χ4v) is 3.10. The van der Waals surface area contributed by atoms with E-state index < -0.39 is 53.4 Å². The average Bonchev–Trinajstić information content (AvgIpc) is 3.17. The Morgan fingerprint density at radius 3 is 2.18 bits per heavy atom. The van der Waals surface area contributed by atoms with Crippen molar-refractivity contribution >= 4 is 11.6 Å². The van der Waals surface area contributed by atoms with Crippen molar-refractivity contribution in [2.75, 3.05) is 6.61 Å². The van der Waals surface area contributed by atoms with Gasteiger partial charge in [0.25, 0.3) is 5.91 Å². The summed E-state index contributed by atoms with van der Waals surface area (Å²) in [7, 11) is 0. The molecule has 180 valence electrons. The van der Waals surface area contributed by atoms with Crippen LogP contribution in [0, 0.1) is 11.3 Å². The van der Waals surface area contributed by atoms with E-state index in [9.17, 15) is 40.6 Å². The van der Waals surface area contributed by atoms with E-state index >= 15 is 0 Å². The van der Waals surface area contributed by atoms with E-state index in [4.69, 9.17) is 10.00 Å². The number of hydrogen-bond donors (Lipinski definition) is 1. The van der Waals surface area contributed by atoms with Gasteiger partial charge < -0.3 is 9.84 Å². The van der Waals surface area contributed by atoms with Crippen molar-refractivity contribution in [3.8, 4) is 11.8 Å². The fourth-order valence-electron chi connectivity index (χ4n) is 3.10. The first kappa shape index (κ1) is 25.0. The van der Waals surface area contributed by atoms with Gasteiger partial charge in [-0.2, -0.15) is 46.1 Å². The second kappa shape index (κ2) is 8.60. The maximum Gasteiger partial charge on any atom is 0.460 e. The molecule has 3 rings (SSSR count). The number of nitriles is 1. The van der Waals surface area contributed by atoms with Crippen LogP contribution >= 0.6 is 0 Å². The van der Waals surface area contributed by atoms with Gasteiger partial charge in [-0.25, -0.2) is 0 Å². The lowest BCUT2D eigenvalue weighted by molar-refractivity contribution is -0.401. The monoisotopic (exact) mass is 489 g/mol. The number of hydrazone groups is 1. The van der Waals surface area contributed by atoms with Crippen molar-refractivity contribution in [2.24, 2.45) is 5.10 Å². The van der Waals surface area contributed by atoms with Gasteiger partial charge >= 0.3 is 18.0 Å². The highest BCUT2D eigenvalue weighted by atomic mass is 19.4. The molecular weight excluding hydrogens is 475 g/mol. The van der Waals surface area contributed by atoms with Gasteiger partial charge in [-0.15, -0.1) is 0 Å². The minimum absolute atomic E-state index is 0.00959. The molecule has 13 heteroatoms. The summed E-state index contributed by atoms with van der Waals surface area (Å²) >= 11 is 0. The zero-order valence-electron chi connectivity index (χ0n) is 16.9. The molecule has 0 fully saturated rings. The van der Waals surface area contributed by atoms with E-state index in [1.165, 1.54) is 54.6 Å². The Kier molecular flexibility index (Phi) is 6.32. The van der Waals surface area contributed by atoms with E-state index in [2.05, 4.69) is 5.10 Å². The molecule has 2 aromatic rings. The number of amides is 1. The van der Waals surface area contributed by atoms with Gasteiger partial charge in [0.2, 0.25) is 5.72 Å². The summed E-state index contributed by atoms with van der Waals surface area (Å²) in [6, 6.07) is 13.7. The van der Waals surface area contributed by atoms with E-state index in [-0.39, 0.29) is 16.9 Å². The highest BCUT2D eigenvalue weighted by Crippen LogP contribution is 2.54. The van der Waals surface area contributed by atoms with Gasteiger partial charge in [-0.3, -0.25) is 4.79 Å². The highest BCUT2D eigenvalue weighted by molar-refractivity contribution is 6.03. The Bertz CT molecular complexity index is 1130. The zero-order valence-corrected chi connectivity index (χ0v) is 16.9. The molecule has 1 amide bonds. The van der Waals surface area contributed by atoms with Crippen LogP contribution in [-0.4, -0.2) is 52.1 Å². The Hall–Kier alpha value is -3.66. The fraction of sp³-hybridized carbons (Fsp3) is 0.286. The van der Waals surface area contributed by atoms with Crippen molar-refractivity contribution in [1.82, 2.24) is 5.01 Å². The highest BCUT2D eigenvalue weighted by Gasteiger charge is 2.82. The summed E-state index contributed by atoms with van der Waals surface area (Å²) in [5.74, 6) is -14.6. The van der Waals surface area contributed by atoms with Crippen LogP contribution in [0.3, 0.4) is 0 Å². The normalized spacial score (nSPS) is 18.9. The van der Waals surface area contributed by atoms with Gasteiger partial charge in [-0.05, 0) is 29.8 Å². The molecule has 0 saturated heterocycles. The van der Waals surface area contributed by atoms with Crippen LogP contribution in [0.25, 0.3) is 0 Å². The minimum Gasteiger partial charge on any atom is -0.484 e. The van der Waals surface area contributed by atoms with Crippen LogP contribution in [0.4, 0.5) is 30.7 Å². The SMILES string of the molecule is N#Cc1ccc(OCC(=O)N2N=C(c3ccccc3)C[C@@]2(O)C(F)(F)C(F)(F)C(F)(F)F)cc1. The molecule has 0 aromatic heterocycles. The zero-order chi connectivity index (χ0) is 25.4. The summed E-state index contributed by atoms with van der Waals surface area (Å²) in [5, 5.41) is 22.2. The first-order valence-corrected chi connectivity index (χ1v) is 9.38. The predicted molar refractivity (Wildman–Crippen MR) is 102 cm³/mol. The van der Waals surface area contributed by atoms with Crippen molar-refractivity contribution in [3.05, 3.63) is 65.7 Å². The number of halogens is 7. The quantitative estimate of drug-likeness (QED) is 0.620. The third kappa shape index (κ3) is 4.16. The topological polar surface area (TPSA) is 85.9 Å². The molecule has 0 bridgehead atoms. The molecule has 1 atom stereocenters. The number of carbonyl (C=O) groups is 1. The van der Waals surface area contributed by atoms with Crippen LogP contribution < -0.4 is 4.74 Å². The molecule has 2 aromatic carbocycles. The average molecular weight is 489 g/mol. The van der Waals surface area contributed by atoms with E-state index in [1.807, 2.05) is 6.07 Å². The number of nitrogens with zero attached hydrogens (tertiary/aromatic N) is 3. The lowest BCUT2D eigenvalue weighted by Crippen LogP contribution is -2.69. The van der Waals surface area contributed by atoms with Crippen molar-refractivity contribution < 1.29 is 45.4 Å². The van der Waals surface area contributed by atoms with Crippen molar-refractivity contribution in [3.63, 3.8) is 0 Å². The summed E-state index contributed by atoms with van der Waals surface area (Å²) in [5.41, 5.74) is -4.65. The molecule has 0 radical (unpaired) electrons. The van der Waals surface area contributed by atoms with Crippen LogP contribution in [0.15, 0.2) is 59.7 Å². The van der Waals surface area contributed by atoms with Gasteiger partial charge in [0, 0.05) is 6.42 Å². The van der Waals surface area contributed by atoms with Gasteiger partial charge in [-0.1, -0.05) is 30.3 Å². The van der Waals surface area contributed by atoms with Crippen LogP contribution in [0.1, 0.15) is 17.5 Å². The number of carbonyl (C=O) groups excluding carboxylic acids is 1. The molecule has 34 heavy (non-hydrogen) atoms. The molecule has 1 aliphatic heterocycles. The summed E-state index contributed by atoms with van der Waals surface area (Å²) < 4.78 is 100. The third-order valence-corrected chi connectivity index (χ3v) is 4.93. The Morgan fingerprint density at radius 2 is 1.65 bits per heavy atom. The molecule has 1 aliphatic rings. The van der Waals surface area contributed by atoms with Crippen LogP contribution in [-0.2, 0) is 4.79 Å². The third-order valence-electron chi connectivity index (χ3n) is 4.93. The number of alkyl halides is 7. The first-order valence-electron chi connectivity index (χ1n) is 9.38. The molecular formula is C21H14F7N3O3. The Balaban J connectivity index is 1.97. The minimum atomic E-state index is -6.74. The summed E-state index contributed by atoms with van der Waals surface area (Å²) in [6.07, 6.45) is -8.26. The molecule has 0 saturated carbocycles. The van der Waals surface area contributed by atoms with E-state index in [1.54, 1.807) is 0 Å². The Morgan fingerprint density at radius 1 is 1.06 bits per heavy atom. The van der Waals surface area contributed by atoms with Crippen LogP contribution in [0.5, 0.6) is 5.75 Å². The number of benzene rings is 2. The molecule has 0 unspecified atom stereocenters. The summed E-state index contributed by atoms with van der Waals surface area (Å²) in [6.45, 7) is -1.15. The predicted octanol–water partition coefficient (Wildman–Crippen LogP) is 4.10. The van der Waals surface area contributed by atoms with Gasteiger partial charge in [0.1, 0.15) is 5.75 Å². The second-order valence-corrected chi connectivity index (χ2v) is 7.18. The van der Waals surface area contributed by atoms with Gasteiger partial charge in [0.05, 0.1) is 17.3 Å². The molecule has 6 nitrogen and oxygen atoms in total. The molecule has 1 heterocycles. The van der Waals surface area contributed by atoms with Crippen LogP contribution in [0.2, 0.25) is 0 Å². The number of hydrogen-bond acceptors (Lipinski definition) is 5. The van der Waals surface area contributed by atoms with E-state index in [0.29, 0.717) is 0 Å². The molecule has 0 spiro atoms. The first-order chi connectivity index (χ1) is 15.7. The largest absolute Gasteiger partial charge is 0.484 e. The maximum atomic E-state index is 14.7. The number of rotatable bonds is 6. The lowest BCUT2D eigenvalue weighted by atomic mass is 9.91. The Labute approximate surface area is 187 Å². The standard InChI is InChI=1S/C21H14F7N3O3/c22-19(23,20(24,25)21(26,27)28)18(33)10-16(14-4-2-1-3-5-14)30-31(18)17(32)12-34-15-8-6-13(11-29)7-9-15/h1-9,33H,10,12H2/t18-/m1/s1. The number of ether oxygens (including phenoxy) is 1. The molecule has 1 N–H and O–H groups in total. The van der Waals surface area contributed by atoms with Crippen molar-refractivity contribution in [2.45, 2.75) is 30.2 Å². The van der Waals surface area contributed by atoms with Crippen molar-refractivity contribution in [1.29, 1.82) is 5.26 Å². The lowest BCUT2D eigenvalue weighted by Gasteiger charge is -2.41.